The minimum Gasteiger partial charge on any atom is -0.338 e. The van der Waals surface area contributed by atoms with Crippen molar-refractivity contribution >= 4 is 20.9 Å². The maximum atomic E-state index is 14.0. The van der Waals surface area contributed by atoms with Crippen LogP contribution in [0.5, 0.6) is 0 Å². The molecule has 0 bridgehead atoms. The first kappa shape index (κ1) is 16.4. The number of aromatic amines is 1. The molecule has 0 saturated heterocycles. The highest BCUT2D eigenvalue weighted by Crippen LogP contribution is 2.31. The molecular formula is C19H12F2N2O2S. The van der Waals surface area contributed by atoms with Gasteiger partial charge in [0.05, 0.1) is 20.9 Å². The largest absolute Gasteiger partial charge is 0.338 e. The Morgan fingerprint density at radius 2 is 1.46 bits per heavy atom. The molecule has 1 N–H and O–H groups in total. The predicted octanol–water partition coefficient (Wildman–Crippen LogP) is 4.34. The van der Waals surface area contributed by atoms with Gasteiger partial charge in [-0.05, 0) is 36.4 Å². The standard InChI is InChI=1S/C19H12F2N2O2S/c20-13-8-4-9-14(21)17(13)19-22-15-10-5-11-16(18(15)23-19)26(24,25)12-6-2-1-3-7-12/h1-11H,(H,22,23). The number of imidazole rings is 1. The van der Waals surface area contributed by atoms with Crippen LogP contribution in [-0.2, 0) is 9.84 Å². The van der Waals surface area contributed by atoms with E-state index in [2.05, 4.69) is 9.97 Å². The Labute approximate surface area is 148 Å². The van der Waals surface area contributed by atoms with Crippen molar-refractivity contribution in [2.45, 2.75) is 9.79 Å². The Bertz CT molecular complexity index is 1200. The average molecular weight is 370 g/mol. The van der Waals surface area contributed by atoms with Gasteiger partial charge in [0, 0.05) is 0 Å². The topological polar surface area (TPSA) is 62.8 Å². The molecule has 0 saturated carbocycles. The summed E-state index contributed by atoms with van der Waals surface area (Å²) < 4.78 is 53.9. The maximum Gasteiger partial charge on any atom is 0.208 e. The number of H-pyrrole nitrogens is 1. The number of nitrogens with zero attached hydrogens (tertiary/aromatic N) is 1. The van der Waals surface area contributed by atoms with Crippen molar-refractivity contribution in [3.63, 3.8) is 0 Å². The average Bonchev–Trinajstić information content (AvgIpc) is 3.05. The molecule has 0 aliphatic rings. The zero-order valence-corrected chi connectivity index (χ0v) is 14.1. The van der Waals surface area contributed by atoms with Gasteiger partial charge in [0.15, 0.2) is 0 Å². The highest BCUT2D eigenvalue weighted by molar-refractivity contribution is 7.91. The van der Waals surface area contributed by atoms with E-state index in [4.69, 9.17) is 0 Å². The van der Waals surface area contributed by atoms with Gasteiger partial charge in [-0.1, -0.05) is 30.3 Å². The number of fused-ring (bicyclic) bond motifs is 1. The molecular weight excluding hydrogens is 358 g/mol. The van der Waals surface area contributed by atoms with Crippen LogP contribution in [0, 0.1) is 11.6 Å². The van der Waals surface area contributed by atoms with Crippen molar-refractivity contribution in [2.75, 3.05) is 0 Å². The summed E-state index contributed by atoms with van der Waals surface area (Å²) in [6.45, 7) is 0. The molecule has 0 unspecified atom stereocenters. The number of rotatable bonds is 3. The fourth-order valence-electron chi connectivity index (χ4n) is 2.79. The van der Waals surface area contributed by atoms with Gasteiger partial charge in [-0.3, -0.25) is 0 Å². The van der Waals surface area contributed by atoms with E-state index in [1.807, 2.05) is 0 Å². The second-order valence-electron chi connectivity index (χ2n) is 5.65. The molecule has 0 aliphatic carbocycles. The van der Waals surface area contributed by atoms with Crippen molar-refractivity contribution in [1.29, 1.82) is 0 Å². The summed E-state index contributed by atoms with van der Waals surface area (Å²) >= 11 is 0. The van der Waals surface area contributed by atoms with Crippen molar-refractivity contribution in [3.8, 4) is 11.4 Å². The molecule has 4 nitrogen and oxygen atoms in total. The Kier molecular flexibility index (Phi) is 3.81. The number of nitrogens with one attached hydrogen (secondary N) is 1. The molecule has 0 aliphatic heterocycles. The van der Waals surface area contributed by atoms with E-state index in [1.165, 1.54) is 24.3 Å². The summed E-state index contributed by atoms with van der Waals surface area (Å²) in [5, 5.41) is 0. The molecule has 130 valence electrons. The normalized spacial score (nSPS) is 11.8. The van der Waals surface area contributed by atoms with E-state index in [0.717, 1.165) is 12.1 Å². The number of hydrogen-bond acceptors (Lipinski definition) is 3. The molecule has 1 aromatic heterocycles. The van der Waals surface area contributed by atoms with Crippen LogP contribution >= 0.6 is 0 Å². The zero-order chi connectivity index (χ0) is 18.3. The molecule has 0 radical (unpaired) electrons. The SMILES string of the molecule is O=S(=O)(c1ccccc1)c1cccc2[nH]c(-c3c(F)cccc3F)nc12. The summed E-state index contributed by atoms with van der Waals surface area (Å²) in [5.74, 6) is -1.63. The lowest BCUT2D eigenvalue weighted by Crippen LogP contribution is -2.02. The molecule has 3 aromatic carbocycles. The zero-order valence-electron chi connectivity index (χ0n) is 13.3. The van der Waals surface area contributed by atoms with Gasteiger partial charge >= 0.3 is 0 Å². The number of aromatic nitrogens is 2. The Hall–Kier alpha value is -3.06. The van der Waals surface area contributed by atoms with Crippen LogP contribution in [0.25, 0.3) is 22.4 Å². The quantitative estimate of drug-likeness (QED) is 0.583. The number of para-hydroxylation sites is 1. The summed E-state index contributed by atoms with van der Waals surface area (Å²) in [5.41, 5.74) is 0.181. The molecule has 0 amide bonds. The predicted molar refractivity (Wildman–Crippen MR) is 93.3 cm³/mol. The first-order valence-electron chi connectivity index (χ1n) is 7.72. The third-order valence-electron chi connectivity index (χ3n) is 4.02. The third-order valence-corrected chi connectivity index (χ3v) is 5.82. The van der Waals surface area contributed by atoms with Crippen molar-refractivity contribution < 1.29 is 17.2 Å². The third kappa shape index (κ3) is 2.57. The molecule has 0 fully saturated rings. The first-order valence-corrected chi connectivity index (χ1v) is 9.20. The Morgan fingerprint density at radius 3 is 2.15 bits per heavy atom. The van der Waals surface area contributed by atoms with Crippen LogP contribution in [0.2, 0.25) is 0 Å². The molecule has 4 rings (SSSR count). The summed E-state index contributed by atoms with van der Waals surface area (Å²) in [6, 6.07) is 16.0. The van der Waals surface area contributed by atoms with Crippen molar-refractivity contribution in [1.82, 2.24) is 9.97 Å². The van der Waals surface area contributed by atoms with Gasteiger partial charge in [0.2, 0.25) is 9.84 Å². The van der Waals surface area contributed by atoms with Gasteiger partial charge in [-0.25, -0.2) is 22.2 Å². The van der Waals surface area contributed by atoms with Crippen LogP contribution < -0.4 is 0 Å². The number of hydrogen-bond donors (Lipinski definition) is 1. The lowest BCUT2D eigenvalue weighted by molar-refractivity contribution is 0.588. The second kappa shape index (κ2) is 6.03. The molecule has 1 heterocycles. The van der Waals surface area contributed by atoms with Crippen molar-refractivity contribution in [3.05, 3.63) is 78.4 Å². The van der Waals surface area contributed by atoms with E-state index in [1.54, 1.807) is 30.3 Å². The summed E-state index contributed by atoms with van der Waals surface area (Å²) in [7, 11) is -3.82. The minimum absolute atomic E-state index is 0.0274. The van der Waals surface area contributed by atoms with E-state index >= 15 is 0 Å². The Morgan fingerprint density at radius 1 is 0.808 bits per heavy atom. The highest BCUT2D eigenvalue weighted by Gasteiger charge is 2.23. The van der Waals surface area contributed by atoms with E-state index in [0.29, 0.717) is 5.52 Å². The highest BCUT2D eigenvalue weighted by atomic mass is 32.2. The molecule has 4 aromatic rings. The number of halogens is 2. The van der Waals surface area contributed by atoms with Gasteiger partial charge in [-0.2, -0.15) is 0 Å². The molecule has 0 spiro atoms. The van der Waals surface area contributed by atoms with Gasteiger partial charge < -0.3 is 4.98 Å². The number of sulfone groups is 1. The Balaban J connectivity index is 1.96. The first-order chi connectivity index (χ1) is 12.5. The van der Waals surface area contributed by atoms with Crippen LogP contribution in [0.15, 0.2) is 76.5 Å². The number of benzene rings is 3. The molecule has 26 heavy (non-hydrogen) atoms. The van der Waals surface area contributed by atoms with E-state index in [9.17, 15) is 17.2 Å². The lowest BCUT2D eigenvalue weighted by atomic mass is 10.2. The van der Waals surface area contributed by atoms with Gasteiger partial charge in [0.25, 0.3) is 0 Å². The monoisotopic (exact) mass is 370 g/mol. The smallest absolute Gasteiger partial charge is 0.208 e. The second-order valence-corrected chi connectivity index (χ2v) is 7.57. The van der Waals surface area contributed by atoms with E-state index < -0.39 is 21.5 Å². The van der Waals surface area contributed by atoms with Gasteiger partial charge in [0.1, 0.15) is 23.0 Å². The minimum atomic E-state index is -3.82. The lowest BCUT2D eigenvalue weighted by Gasteiger charge is -2.04. The van der Waals surface area contributed by atoms with Crippen LogP contribution in [0.1, 0.15) is 0 Å². The fourth-order valence-corrected chi connectivity index (χ4v) is 4.23. The van der Waals surface area contributed by atoms with E-state index in [-0.39, 0.29) is 26.7 Å². The summed E-state index contributed by atoms with van der Waals surface area (Å²) in [4.78, 5) is 7.08. The van der Waals surface area contributed by atoms with Crippen molar-refractivity contribution in [2.24, 2.45) is 0 Å². The van der Waals surface area contributed by atoms with Gasteiger partial charge in [-0.15, -0.1) is 0 Å². The summed E-state index contributed by atoms with van der Waals surface area (Å²) in [6.07, 6.45) is 0. The van der Waals surface area contributed by atoms with Crippen LogP contribution in [0.3, 0.4) is 0 Å². The molecule has 0 atom stereocenters. The maximum absolute atomic E-state index is 14.0. The molecule has 7 heteroatoms. The fraction of sp³-hybridized carbons (Fsp3) is 0. The van der Waals surface area contributed by atoms with Crippen LogP contribution in [-0.4, -0.2) is 18.4 Å². The van der Waals surface area contributed by atoms with Crippen LogP contribution in [0.4, 0.5) is 8.78 Å².